The number of halogens is 2. The lowest BCUT2D eigenvalue weighted by Crippen LogP contribution is -1.84. The second-order valence-electron chi connectivity index (χ2n) is 2.90. The Morgan fingerprint density at radius 3 is 2.73 bits per heavy atom. The maximum absolute atomic E-state index is 13.1. The molecule has 3 N–H and O–H groups in total. The fourth-order valence-corrected chi connectivity index (χ4v) is 1.38. The number of nitrogens with zero attached hydrogens (tertiary/aromatic N) is 1. The maximum Gasteiger partial charge on any atom is 0.222 e. The molecule has 0 atom stereocenters. The number of rotatable bonds is 1. The van der Waals surface area contributed by atoms with Gasteiger partial charge in [-0.25, -0.2) is 4.39 Å². The van der Waals surface area contributed by atoms with Crippen molar-refractivity contribution in [2.75, 3.05) is 5.73 Å². The first-order valence-corrected chi connectivity index (χ1v) is 4.36. The summed E-state index contributed by atoms with van der Waals surface area (Å²) in [5.74, 6) is -1.28. The van der Waals surface area contributed by atoms with Gasteiger partial charge in [-0.05, 0) is 12.1 Å². The molecule has 0 spiro atoms. The lowest BCUT2D eigenvalue weighted by molar-refractivity contribution is 0.427. The predicted octanol–water partition coefficient (Wildman–Crippen LogP) is 2.42. The van der Waals surface area contributed by atoms with Crippen LogP contribution in [0.3, 0.4) is 0 Å². The Kier molecular flexibility index (Phi) is 2.24. The molecule has 0 amide bonds. The van der Waals surface area contributed by atoms with E-state index in [1.54, 1.807) is 0 Å². The summed E-state index contributed by atoms with van der Waals surface area (Å²) in [5, 5.41) is 13.1. The van der Waals surface area contributed by atoms with E-state index in [1.807, 2.05) is 0 Å². The Bertz CT molecular complexity index is 513. The second-order valence-corrected chi connectivity index (χ2v) is 3.33. The van der Waals surface area contributed by atoms with E-state index in [0.29, 0.717) is 0 Å². The minimum Gasteiger partial charge on any atom is -0.504 e. The van der Waals surface area contributed by atoms with Crippen LogP contribution in [0.5, 0.6) is 5.75 Å². The summed E-state index contributed by atoms with van der Waals surface area (Å²) >= 11 is 5.64. The standard InChI is InChI=1S/C9H6ClFN2O2/c10-4-1-5(9(14)6(11)2-4)7-3-8(12)15-13-7/h1-3,14H,12H2. The molecule has 0 radical (unpaired) electrons. The van der Waals surface area contributed by atoms with E-state index in [0.717, 1.165) is 6.07 Å². The van der Waals surface area contributed by atoms with Gasteiger partial charge in [0, 0.05) is 11.1 Å². The zero-order valence-electron chi connectivity index (χ0n) is 7.37. The average Bonchev–Trinajstić information content (AvgIpc) is 2.58. The molecule has 1 heterocycles. The number of hydrogen-bond donors (Lipinski definition) is 2. The molecule has 0 saturated heterocycles. The highest BCUT2D eigenvalue weighted by atomic mass is 35.5. The van der Waals surface area contributed by atoms with Crippen molar-refractivity contribution in [3.8, 4) is 17.0 Å². The molecule has 1 aromatic heterocycles. The Morgan fingerprint density at radius 2 is 2.13 bits per heavy atom. The van der Waals surface area contributed by atoms with Crippen molar-refractivity contribution in [3.05, 3.63) is 29.0 Å². The molecule has 0 bridgehead atoms. The predicted molar refractivity (Wildman–Crippen MR) is 53.0 cm³/mol. The van der Waals surface area contributed by atoms with Crippen LogP contribution < -0.4 is 5.73 Å². The van der Waals surface area contributed by atoms with Crippen LogP contribution in [0.4, 0.5) is 10.3 Å². The SMILES string of the molecule is Nc1cc(-c2cc(Cl)cc(F)c2O)no1. The van der Waals surface area contributed by atoms with Gasteiger partial charge in [0.2, 0.25) is 5.88 Å². The van der Waals surface area contributed by atoms with E-state index in [-0.39, 0.29) is 22.2 Å². The van der Waals surface area contributed by atoms with Gasteiger partial charge in [-0.1, -0.05) is 16.8 Å². The van der Waals surface area contributed by atoms with Crippen molar-refractivity contribution in [1.29, 1.82) is 0 Å². The van der Waals surface area contributed by atoms with Gasteiger partial charge in [0.15, 0.2) is 11.6 Å². The Morgan fingerprint density at radius 1 is 1.40 bits per heavy atom. The largest absolute Gasteiger partial charge is 0.504 e. The van der Waals surface area contributed by atoms with Crippen LogP contribution in [0, 0.1) is 5.82 Å². The molecular formula is C9H6ClFN2O2. The number of anilines is 1. The molecule has 78 valence electrons. The topological polar surface area (TPSA) is 72.3 Å². The zero-order valence-corrected chi connectivity index (χ0v) is 8.12. The van der Waals surface area contributed by atoms with Crippen molar-refractivity contribution < 1.29 is 14.0 Å². The van der Waals surface area contributed by atoms with E-state index in [1.165, 1.54) is 12.1 Å². The number of nitrogens with two attached hydrogens (primary N) is 1. The highest BCUT2D eigenvalue weighted by molar-refractivity contribution is 6.31. The third-order valence-electron chi connectivity index (χ3n) is 1.83. The molecule has 0 saturated carbocycles. The highest BCUT2D eigenvalue weighted by Gasteiger charge is 2.14. The van der Waals surface area contributed by atoms with Crippen molar-refractivity contribution >= 4 is 17.5 Å². The first-order chi connectivity index (χ1) is 7.08. The van der Waals surface area contributed by atoms with Crippen LogP contribution in [0.1, 0.15) is 0 Å². The summed E-state index contributed by atoms with van der Waals surface area (Å²) in [7, 11) is 0. The minimum absolute atomic E-state index is 0.0739. The molecular weight excluding hydrogens is 223 g/mol. The van der Waals surface area contributed by atoms with E-state index in [2.05, 4.69) is 9.68 Å². The van der Waals surface area contributed by atoms with Gasteiger partial charge >= 0.3 is 0 Å². The molecule has 6 heteroatoms. The van der Waals surface area contributed by atoms with Crippen LogP contribution in [-0.2, 0) is 0 Å². The molecule has 2 rings (SSSR count). The van der Waals surface area contributed by atoms with Gasteiger partial charge in [0.05, 0.1) is 5.56 Å². The summed E-state index contributed by atoms with van der Waals surface area (Å²) in [5.41, 5.74) is 5.67. The smallest absolute Gasteiger partial charge is 0.222 e. The molecule has 2 aromatic rings. The third kappa shape index (κ3) is 1.73. The molecule has 0 aliphatic rings. The van der Waals surface area contributed by atoms with Crippen LogP contribution in [0.25, 0.3) is 11.3 Å². The summed E-state index contributed by atoms with van der Waals surface area (Å²) in [6.07, 6.45) is 0. The van der Waals surface area contributed by atoms with Crippen LogP contribution in [0.15, 0.2) is 22.7 Å². The highest BCUT2D eigenvalue weighted by Crippen LogP contribution is 2.34. The summed E-state index contributed by atoms with van der Waals surface area (Å²) in [4.78, 5) is 0. The maximum atomic E-state index is 13.1. The second kappa shape index (κ2) is 3.43. The number of aromatic hydroxyl groups is 1. The molecule has 0 aliphatic carbocycles. The number of phenols is 1. The molecule has 0 unspecified atom stereocenters. The van der Waals surface area contributed by atoms with Gasteiger partial charge < -0.3 is 15.4 Å². The van der Waals surface area contributed by atoms with Crippen molar-refractivity contribution in [1.82, 2.24) is 5.16 Å². The van der Waals surface area contributed by atoms with Crippen molar-refractivity contribution in [2.45, 2.75) is 0 Å². The molecule has 1 aromatic carbocycles. The van der Waals surface area contributed by atoms with Crippen LogP contribution in [0.2, 0.25) is 5.02 Å². The Balaban J connectivity index is 2.62. The average molecular weight is 229 g/mol. The van der Waals surface area contributed by atoms with Gasteiger partial charge in [0.25, 0.3) is 0 Å². The summed E-state index contributed by atoms with van der Waals surface area (Å²) < 4.78 is 17.7. The lowest BCUT2D eigenvalue weighted by atomic mass is 10.1. The summed E-state index contributed by atoms with van der Waals surface area (Å²) in [6.45, 7) is 0. The zero-order chi connectivity index (χ0) is 11.0. The first kappa shape index (κ1) is 9.79. The van der Waals surface area contributed by atoms with Gasteiger partial charge in [0.1, 0.15) is 5.69 Å². The van der Waals surface area contributed by atoms with E-state index >= 15 is 0 Å². The minimum atomic E-state index is -0.820. The van der Waals surface area contributed by atoms with Crippen molar-refractivity contribution in [2.24, 2.45) is 0 Å². The molecule has 0 aliphatic heterocycles. The number of nitrogen functional groups attached to an aromatic ring is 1. The van der Waals surface area contributed by atoms with Crippen LogP contribution in [-0.4, -0.2) is 10.3 Å². The number of benzene rings is 1. The van der Waals surface area contributed by atoms with Crippen LogP contribution >= 0.6 is 11.6 Å². The van der Waals surface area contributed by atoms with Gasteiger partial charge in [-0.15, -0.1) is 0 Å². The fraction of sp³-hybridized carbons (Fsp3) is 0. The van der Waals surface area contributed by atoms with E-state index in [9.17, 15) is 9.50 Å². The number of hydrogen-bond acceptors (Lipinski definition) is 4. The van der Waals surface area contributed by atoms with Gasteiger partial charge in [-0.3, -0.25) is 0 Å². The Labute approximate surface area is 89.1 Å². The fourth-order valence-electron chi connectivity index (χ4n) is 1.18. The van der Waals surface area contributed by atoms with E-state index in [4.69, 9.17) is 17.3 Å². The quantitative estimate of drug-likeness (QED) is 0.786. The molecule has 4 nitrogen and oxygen atoms in total. The Hall–Kier alpha value is -1.75. The van der Waals surface area contributed by atoms with Gasteiger partial charge in [-0.2, -0.15) is 0 Å². The normalized spacial score (nSPS) is 10.5. The number of aromatic nitrogens is 1. The van der Waals surface area contributed by atoms with Crippen molar-refractivity contribution in [3.63, 3.8) is 0 Å². The lowest BCUT2D eigenvalue weighted by Gasteiger charge is -2.02. The monoisotopic (exact) mass is 228 g/mol. The summed E-state index contributed by atoms with van der Waals surface area (Å²) in [6, 6.07) is 3.74. The molecule has 15 heavy (non-hydrogen) atoms. The first-order valence-electron chi connectivity index (χ1n) is 3.98. The van der Waals surface area contributed by atoms with E-state index < -0.39 is 11.6 Å². The number of phenolic OH excluding ortho intramolecular Hbond substituents is 1. The third-order valence-corrected chi connectivity index (χ3v) is 2.05. The molecule has 0 fully saturated rings.